The van der Waals surface area contributed by atoms with Crippen molar-refractivity contribution in [2.45, 2.75) is 13.8 Å². The van der Waals surface area contributed by atoms with Crippen LogP contribution in [-0.2, 0) is 14.4 Å². The summed E-state index contributed by atoms with van der Waals surface area (Å²) >= 11 is 1.28. The highest BCUT2D eigenvalue weighted by Crippen LogP contribution is 2.16. The Labute approximate surface area is 121 Å². The zero-order valence-electron chi connectivity index (χ0n) is 11.4. The predicted molar refractivity (Wildman–Crippen MR) is 78.6 cm³/mol. The van der Waals surface area contributed by atoms with E-state index in [-0.39, 0.29) is 35.8 Å². The van der Waals surface area contributed by atoms with Gasteiger partial charge in [-0.3, -0.25) is 19.3 Å². The summed E-state index contributed by atoms with van der Waals surface area (Å²) in [6.07, 6.45) is 0. The van der Waals surface area contributed by atoms with E-state index in [2.05, 4.69) is 5.32 Å². The van der Waals surface area contributed by atoms with Gasteiger partial charge in [-0.05, 0) is 25.5 Å². The first-order valence-electron chi connectivity index (χ1n) is 6.25. The highest BCUT2D eigenvalue weighted by atomic mass is 32.2. The van der Waals surface area contributed by atoms with Crippen molar-refractivity contribution < 1.29 is 14.4 Å². The van der Waals surface area contributed by atoms with Crippen molar-refractivity contribution in [2.24, 2.45) is 0 Å². The maximum absolute atomic E-state index is 11.9. The standard InChI is InChI=1S/C14H16N2O3S/c1-9-3-4-11(10(2)5-9)15-12(17)6-16-13(18)7-20-8-14(16)19/h3-5H,6-8H2,1-2H3,(H,15,17). The van der Waals surface area contributed by atoms with Crippen molar-refractivity contribution in [3.05, 3.63) is 29.3 Å². The van der Waals surface area contributed by atoms with Gasteiger partial charge in [0, 0.05) is 5.69 Å². The summed E-state index contributed by atoms with van der Waals surface area (Å²) in [4.78, 5) is 36.2. The molecule has 0 bridgehead atoms. The average Bonchev–Trinajstić information content (AvgIpc) is 2.37. The molecule has 0 saturated carbocycles. The molecule has 5 nitrogen and oxygen atoms in total. The molecule has 2 rings (SSSR count). The van der Waals surface area contributed by atoms with E-state index in [9.17, 15) is 14.4 Å². The number of rotatable bonds is 3. The topological polar surface area (TPSA) is 66.5 Å². The van der Waals surface area contributed by atoms with Crippen molar-refractivity contribution in [1.29, 1.82) is 0 Å². The Morgan fingerprint density at radius 1 is 1.25 bits per heavy atom. The number of thioether (sulfide) groups is 1. The van der Waals surface area contributed by atoms with Crippen molar-refractivity contribution in [2.75, 3.05) is 23.4 Å². The monoisotopic (exact) mass is 292 g/mol. The summed E-state index contributed by atoms with van der Waals surface area (Å²) in [6.45, 7) is 3.66. The molecule has 0 radical (unpaired) electrons. The Balaban J connectivity index is 2.01. The fraction of sp³-hybridized carbons (Fsp3) is 0.357. The molecule has 0 atom stereocenters. The molecule has 1 fully saturated rings. The maximum Gasteiger partial charge on any atom is 0.244 e. The van der Waals surface area contributed by atoms with E-state index in [1.807, 2.05) is 32.0 Å². The molecule has 106 valence electrons. The highest BCUT2D eigenvalue weighted by molar-refractivity contribution is 8.00. The van der Waals surface area contributed by atoms with Gasteiger partial charge in [0.05, 0.1) is 11.5 Å². The number of amides is 3. The van der Waals surface area contributed by atoms with Gasteiger partial charge in [0.25, 0.3) is 0 Å². The number of nitrogens with one attached hydrogen (secondary N) is 1. The van der Waals surface area contributed by atoms with Crippen LogP contribution in [0.2, 0.25) is 0 Å². The Kier molecular flexibility index (Phi) is 4.44. The van der Waals surface area contributed by atoms with Crippen LogP contribution < -0.4 is 5.32 Å². The second-order valence-corrected chi connectivity index (χ2v) is 5.72. The molecule has 1 aromatic carbocycles. The summed E-state index contributed by atoms with van der Waals surface area (Å²) < 4.78 is 0. The van der Waals surface area contributed by atoms with Crippen molar-refractivity contribution in [1.82, 2.24) is 4.90 Å². The van der Waals surface area contributed by atoms with Crippen LogP contribution in [0.15, 0.2) is 18.2 Å². The fourth-order valence-electron chi connectivity index (χ4n) is 1.98. The third kappa shape index (κ3) is 3.39. The summed E-state index contributed by atoms with van der Waals surface area (Å²) in [5.41, 5.74) is 2.76. The number of carbonyl (C=O) groups is 3. The number of hydrogen-bond acceptors (Lipinski definition) is 4. The smallest absolute Gasteiger partial charge is 0.244 e. The number of anilines is 1. The molecule has 0 spiro atoms. The number of hydrogen-bond donors (Lipinski definition) is 1. The van der Waals surface area contributed by atoms with Crippen LogP contribution in [-0.4, -0.2) is 40.7 Å². The summed E-state index contributed by atoms with van der Waals surface area (Å²) in [5.74, 6) is -0.458. The summed E-state index contributed by atoms with van der Waals surface area (Å²) in [5, 5.41) is 2.73. The van der Waals surface area contributed by atoms with Crippen LogP contribution >= 0.6 is 11.8 Å². The van der Waals surface area contributed by atoms with Crippen molar-refractivity contribution in [3.8, 4) is 0 Å². The Morgan fingerprint density at radius 2 is 1.90 bits per heavy atom. The number of benzene rings is 1. The highest BCUT2D eigenvalue weighted by Gasteiger charge is 2.28. The van der Waals surface area contributed by atoms with Crippen LogP contribution in [0.25, 0.3) is 0 Å². The molecular formula is C14H16N2O3S. The van der Waals surface area contributed by atoms with E-state index in [1.165, 1.54) is 11.8 Å². The Bertz CT molecular complexity index is 556. The number of imide groups is 1. The van der Waals surface area contributed by atoms with Crippen molar-refractivity contribution >= 4 is 35.2 Å². The van der Waals surface area contributed by atoms with Gasteiger partial charge in [0.15, 0.2) is 0 Å². The Hall–Kier alpha value is -1.82. The van der Waals surface area contributed by atoms with E-state index in [0.29, 0.717) is 5.69 Å². The van der Waals surface area contributed by atoms with E-state index in [1.54, 1.807) is 0 Å². The largest absolute Gasteiger partial charge is 0.324 e. The quantitative estimate of drug-likeness (QED) is 0.854. The van der Waals surface area contributed by atoms with Crippen LogP contribution in [0, 0.1) is 13.8 Å². The minimum Gasteiger partial charge on any atom is -0.324 e. The van der Waals surface area contributed by atoms with Crippen LogP contribution in [0.3, 0.4) is 0 Å². The molecule has 1 N–H and O–H groups in total. The first-order valence-corrected chi connectivity index (χ1v) is 7.41. The van der Waals surface area contributed by atoms with Gasteiger partial charge >= 0.3 is 0 Å². The van der Waals surface area contributed by atoms with Crippen LogP contribution in [0.4, 0.5) is 5.69 Å². The summed E-state index contributed by atoms with van der Waals surface area (Å²) in [7, 11) is 0. The normalized spacial score (nSPS) is 15.4. The summed E-state index contributed by atoms with van der Waals surface area (Å²) in [6, 6.07) is 5.68. The number of nitrogens with zero attached hydrogens (tertiary/aromatic N) is 1. The molecule has 3 amide bonds. The van der Waals surface area contributed by atoms with Gasteiger partial charge in [-0.2, -0.15) is 0 Å². The lowest BCUT2D eigenvalue weighted by atomic mass is 10.1. The zero-order valence-corrected chi connectivity index (χ0v) is 12.3. The zero-order chi connectivity index (χ0) is 14.7. The van der Waals surface area contributed by atoms with E-state index in [4.69, 9.17) is 0 Å². The van der Waals surface area contributed by atoms with Gasteiger partial charge in [-0.25, -0.2) is 0 Å². The number of aryl methyl sites for hydroxylation is 2. The van der Waals surface area contributed by atoms with E-state index < -0.39 is 0 Å². The van der Waals surface area contributed by atoms with Crippen LogP contribution in [0.5, 0.6) is 0 Å². The molecule has 0 aromatic heterocycles. The molecule has 1 aromatic rings. The predicted octanol–water partition coefficient (Wildman–Crippen LogP) is 1.34. The second-order valence-electron chi connectivity index (χ2n) is 4.73. The molecule has 1 aliphatic heterocycles. The number of carbonyl (C=O) groups excluding carboxylic acids is 3. The van der Waals surface area contributed by atoms with Gasteiger partial charge in [-0.1, -0.05) is 17.7 Å². The second kappa shape index (κ2) is 6.09. The average molecular weight is 292 g/mol. The molecular weight excluding hydrogens is 276 g/mol. The van der Waals surface area contributed by atoms with Gasteiger partial charge < -0.3 is 5.32 Å². The van der Waals surface area contributed by atoms with E-state index in [0.717, 1.165) is 16.0 Å². The minimum absolute atomic E-state index is 0.217. The van der Waals surface area contributed by atoms with Crippen molar-refractivity contribution in [3.63, 3.8) is 0 Å². The molecule has 1 saturated heterocycles. The molecule has 0 unspecified atom stereocenters. The molecule has 0 aliphatic carbocycles. The Morgan fingerprint density at radius 3 is 2.50 bits per heavy atom. The van der Waals surface area contributed by atoms with Gasteiger partial charge in [-0.15, -0.1) is 11.8 Å². The molecule has 6 heteroatoms. The SMILES string of the molecule is Cc1ccc(NC(=O)CN2C(=O)CSCC2=O)c(C)c1. The lowest BCUT2D eigenvalue weighted by Gasteiger charge is -2.24. The lowest BCUT2D eigenvalue weighted by Crippen LogP contribution is -2.46. The van der Waals surface area contributed by atoms with Gasteiger partial charge in [0.1, 0.15) is 6.54 Å². The molecule has 1 heterocycles. The molecule has 1 aliphatic rings. The third-order valence-corrected chi connectivity index (χ3v) is 3.91. The maximum atomic E-state index is 11.9. The first-order chi connectivity index (χ1) is 9.47. The minimum atomic E-state index is -0.356. The van der Waals surface area contributed by atoms with Crippen LogP contribution in [0.1, 0.15) is 11.1 Å². The molecule has 20 heavy (non-hydrogen) atoms. The third-order valence-electron chi connectivity index (χ3n) is 3.01. The van der Waals surface area contributed by atoms with Gasteiger partial charge in [0.2, 0.25) is 17.7 Å². The van der Waals surface area contributed by atoms with E-state index >= 15 is 0 Å². The first kappa shape index (κ1) is 14.6. The lowest BCUT2D eigenvalue weighted by molar-refractivity contribution is -0.144. The fourth-order valence-corrected chi connectivity index (χ4v) is 2.75.